The van der Waals surface area contributed by atoms with Gasteiger partial charge >= 0.3 is 0 Å². The summed E-state index contributed by atoms with van der Waals surface area (Å²) in [5, 5.41) is 0. The van der Waals surface area contributed by atoms with Crippen LogP contribution < -0.4 is 0 Å². The molecule has 0 N–H and O–H groups in total. The third-order valence-corrected chi connectivity index (χ3v) is 6.37. The lowest BCUT2D eigenvalue weighted by atomic mass is 9.75. The minimum absolute atomic E-state index is 0.155. The van der Waals surface area contributed by atoms with Crippen LogP contribution >= 0.6 is 0 Å². The van der Waals surface area contributed by atoms with E-state index in [1.165, 1.54) is 11.1 Å². The van der Waals surface area contributed by atoms with Crippen LogP contribution in [-0.4, -0.2) is 19.0 Å². The van der Waals surface area contributed by atoms with Gasteiger partial charge in [-0.15, -0.1) is 0 Å². The Hall–Kier alpha value is -2.65. The van der Waals surface area contributed by atoms with E-state index in [1.54, 1.807) is 6.26 Å². The van der Waals surface area contributed by atoms with Gasteiger partial charge in [0.15, 0.2) is 5.78 Å². The number of Topliss-reactive ketones (excluding diaryl/α,β-unsaturated/α-hetero) is 1. The maximum atomic E-state index is 13.2. The van der Waals surface area contributed by atoms with Crippen LogP contribution in [0.15, 0.2) is 87.6 Å². The van der Waals surface area contributed by atoms with E-state index in [4.69, 9.17) is 9.15 Å². The third kappa shape index (κ3) is 4.91. The van der Waals surface area contributed by atoms with Crippen molar-refractivity contribution in [2.24, 2.45) is 5.41 Å². The van der Waals surface area contributed by atoms with Crippen molar-refractivity contribution in [2.45, 2.75) is 45.4 Å². The molecule has 156 valence electrons. The van der Waals surface area contributed by atoms with Gasteiger partial charge < -0.3 is 9.15 Å². The topological polar surface area (TPSA) is 39.4 Å². The molecule has 3 nitrogen and oxygen atoms in total. The molecule has 0 radical (unpaired) electrons. The summed E-state index contributed by atoms with van der Waals surface area (Å²) in [4.78, 5) is 13.2. The first-order valence-corrected chi connectivity index (χ1v) is 10.9. The molecule has 1 aromatic rings. The minimum Gasteiger partial charge on any atom is -0.465 e. The van der Waals surface area contributed by atoms with Crippen LogP contribution in [0.5, 0.6) is 0 Å². The van der Waals surface area contributed by atoms with Gasteiger partial charge in [0.05, 0.1) is 6.26 Å². The summed E-state index contributed by atoms with van der Waals surface area (Å²) in [6.45, 7) is 3.95. The number of hydrogen-bond acceptors (Lipinski definition) is 3. The molecule has 30 heavy (non-hydrogen) atoms. The molecule has 1 aliphatic heterocycles. The Bertz CT molecular complexity index is 942. The van der Waals surface area contributed by atoms with Crippen LogP contribution in [0.2, 0.25) is 0 Å². The molecule has 0 amide bonds. The van der Waals surface area contributed by atoms with Crippen molar-refractivity contribution in [2.75, 3.05) is 13.2 Å². The van der Waals surface area contributed by atoms with Gasteiger partial charge in [0.2, 0.25) is 0 Å². The number of hydrogen-bond donors (Lipinski definition) is 0. The van der Waals surface area contributed by atoms with Crippen LogP contribution in [0.1, 0.15) is 51.2 Å². The second-order valence-corrected chi connectivity index (χ2v) is 8.49. The van der Waals surface area contributed by atoms with Crippen molar-refractivity contribution in [3.8, 4) is 0 Å². The quantitative estimate of drug-likeness (QED) is 0.562. The van der Waals surface area contributed by atoms with E-state index in [0.717, 1.165) is 68.6 Å². The second kappa shape index (κ2) is 9.44. The Kier molecular flexibility index (Phi) is 6.49. The van der Waals surface area contributed by atoms with Gasteiger partial charge in [0.25, 0.3) is 0 Å². The highest BCUT2D eigenvalue weighted by Gasteiger charge is 2.30. The molecule has 3 heteroatoms. The summed E-state index contributed by atoms with van der Waals surface area (Å²) in [6, 6.07) is 3.82. The number of allylic oxidation sites excluding steroid dienone is 11. The average Bonchev–Trinajstić information content (AvgIpc) is 3.01. The molecule has 0 unspecified atom stereocenters. The maximum absolute atomic E-state index is 13.2. The van der Waals surface area contributed by atoms with Crippen LogP contribution in [0.4, 0.5) is 0 Å². The SMILES string of the molecule is CC1(C2=CCC=C(C(=O)C3=CCC(/C=C/c4ccco4)=CCC3)C=C2)CCOCC1. The molecule has 0 atom stereocenters. The molecular weight excluding hydrogens is 372 g/mol. The lowest BCUT2D eigenvalue weighted by Crippen LogP contribution is -2.27. The summed E-state index contributed by atoms with van der Waals surface area (Å²) in [7, 11) is 0. The number of ketones is 1. The molecule has 1 saturated heterocycles. The number of rotatable bonds is 5. The smallest absolute Gasteiger partial charge is 0.188 e. The van der Waals surface area contributed by atoms with E-state index in [0.29, 0.717) is 0 Å². The third-order valence-electron chi connectivity index (χ3n) is 6.37. The van der Waals surface area contributed by atoms with Gasteiger partial charge in [-0.05, 0) is 78.9 Å². The van der Waals surface area contributed by atoms with Gasteiger partial charge in [-0.3, -0.25) is 4.79 Å². The normalized spacial score (nSPS) is 21.9. The highest BCUT2D eigenvalue weighted by atomic mass is 16.5. The zero-order chi connectivity index (χ0) is 20.8. The van der Waals surface area contributed by atoms with Crippen molar-refractivity contribution < 1.29 is 13.9 Å². The van der Waals surface area contributed by atoms with Crippen molar-refractivity contribution in [1.29, 1.82) is 0 Å². The molecule has 2 aliphatic carbocycles. The Balaban J connectivity index is 1.41. The first-order valence-electron chi connectivity index (χ1n) is 10.9. The number of furan rings is 1. The fraction of sp³-hybridized carbons (Fsp3) is 0.370. The van der Waals surface area contributed by atoms with Crippen molar-refractivity contribution in [3.63, 3.8) is 0 Å². The summed E-state index contributed by atoms with van der Waals surface area (Å²) < 4.78 is 10.9. The predicted molar refractivity (Wildman–Crippen MR) is 121 cm³/mol. The molecule has 0 saturated carbocycles. The molecule has 0 bridgehead atoms. The predicted octanol–water partition coefficient (Wildman–Crippen LogP) is 6.53. The monoisotopic (exact) mass is 402 g/mol. The van der Waals surface area contributed by atoms with Gasteiger partial charge in [-0.2, -0.15) is 0 Å². The molecule has 2 heterocycles. The van der Waals surface area contributed by atoms with E-state index in [9.17, 15) is 4.79 Å². The van der Waals surface area contributed by atoms with Gasteiger partial charge in [0, 0.05) is 18.8 Å². The fourth-order valence-corrected chi connectivity index (χ4v) is 4.30. The van der Waals surface area contributed by atoms with E-state index >= 15 is 0 Å². The van der Waals surface area contributed by atoms with Gasteiger partial charge in [-0.1, -0.05) is 49.5 Å². The summed E-state index contributed by atoms with van der Waals surface area (Å²) in [5.41, 5.74) is 4.45. The van der Waals surface area contributed by atoms with E-state index in [1.807, 2.05) is 24.3 Å². The van der Waals surface area contributed by atoms with E-state index in [-0.39, 0.29) is 11.2 Å². The Morgan fingerprint density at radius 3 is 2.73 bits per heavy atom. The van der Waals surface area contributed by atoms with Crippen LogP contribution in [-0.2, 0) is 9.53 Å². The second-order valence-electron chi connectivity index (χ2n) is 8.49. The first kappa shape index (κ1) is 20.6. The van der Waals surface area contributed by atoms with Crippen LogP contribution in [0, 0.1) is 5.41 Å². The molecule has 0 aromatic carbocycles. The number of carbonyl (C=O) groups is 1. The molecular formula is C27H30O3. The van der Waals surface area contributed by atoms with Crippen LogP contribution in [0.25, 0.3) is 6.08 Å². The van der Waals surface area contributed by atoms with Crippen molar-refractivity contribution >= 4 is 11.9 Å². The number of ether oxygens (including phenoxy) is 1. The highest BCUT2D eigenvalue weighted by Crippen LogP contribution is 2.39. The molecule has 4 rings (SSSR count). The largest absolute Gasteiger partial charge is 0.465 e. The zero-order valence-electron chi connectivity index (χ0n) is 17.7. The average molecular weight is 403 g/mol. The first-order chi connectivity index (χ1) is 14.6. The standard InChI is InChI=1S/C27H30O3/c1-27(16-19-29-20-17-27)24-8-3-7-23(13-14-24)26(28)22-6-2-5-21(10-12-22)11-15-25-9-4-18-30-25/h4-5,7-9,11-15,18H,2-3,6,10,16-17,19-20H2,1H3/b15-11+. The summed E-state index contributed by atoms with van der Waals surface area (Å²) >= 11 is 0. The molecule has 1 fully saturated rings. The van der Waals surface area contributed by atoms with Crippen molar-refractivity contribution in [1.82, 2.24) is 0 Å². The van der Waals surface area contributed by atoms with Crippen LogP contribution in [0.3, 0.4) is 0 Å². The highest BCUT2D eigenvalue weighted by molar-refractivity contribution is 6.10. The fourth-order valence-electron chi connectivity index (χ4n) is 4.30. The Morgan fingerprint density at radius 2 is 1.93 bits per heavy atom. The van der Waals surface area contributed by atoms with Crippen molar-refractivity contribution in [3.05, 3.63) is 89.0 Å². The molecule has 1 aromatic heterocycles. The molecule has 3 aliphatic rings. The Morgan fingerprint density at radius 1 is 1.07 bits per heavy atom. The summed E-state index contributed by atoms with van der Waals surface area (Å²) in [6.07, 6.45) is 23.9. The molecule has 0 spiro atoms. The van der Waals surface area contributed by atoms with E-state index in [2.05, 4.69) is 43.4 Å². The Labute approximate surface area is 179 Å². The van der Waals surface area contributed by atoms with Gasteiger partial charge in [0.1, 0.15) is 5.76 Å². The summed E-state index contributed by atoms with van der Waals surface area (Å²) in [5.74, 6) is 1.01. The number of carbonyl (C=O) groups excluding carboxylic acids is 1. The van der Waals surface area contributed by atoms with Gasteiger partial charge in [-0.25, -0.2) is 0 Å². The van der Waals surface area contributed by atoms with E-state index < -0.39 is 0 Å². The minimum atomic E-state index is 0.155. The lowest BCUT2D eigenvalue weighted by Gasteiger charge is -2.35. The lowest BCUT2D eigenvalue weighted by molar-refractivity contribution is -0.112. The zero-order valence-corrected chi connectivity index (χ0v) is 17.7. The maximum Gasteiger partial charge on any atom is 0.188 e.